The monoisotopic (exact) mass is 472 g/mol. The van der Waals surface area contributed by atoms with E-state index >= 15 is 0 Å². The van der Waals surface area contributed by atoms with Crippen molar-refractivity contribution in [3.63, 3.8) is 0 Å². The first kappa shape index (κ1) is 22.8. The Kier molecular flexibility index (Phi) is 7.45. The number of likely N-dealkylation sites (tertiary alicyclic amines) is 1. The van der Waals surface area contributed by atoms with E-state index in [1.165, 1.54) is 0 Å². The lowest BCUT2D eigenvalue weighted by Crippen LogP contribution is -2.33. The molecule has 1 saturated heterocycles. The molecule has 1 fully saturated rings. The fourth-order valence-corrected chi connectivity index (χ4v) is 4.40. The lowest BCUT2D eigenvalue weighted by atomic mass is 9.90. The van der Waals surface area contributed by atoms with Crippen LogP contribution in [0.25, 0.3) is 11.4 Å². The van der Waals surface area contributed by atoms with Gasteiger partial charge >= 0.3 is 0 Å². The van der Waals surface area contributed by atoms with Gasteiger partial charge in [-0.1, -0.05) is 46.6 Å². The summed E-state index contributed by atoms with van der Waals surface area (Å²) in [4.78, 5) is 19.3. The van der Waals surface area contributed by atoms with Crippen molar-refractivity contribution in [2.45, 2.75) is 38.6 Å². The lowest BCUT2D eigenvalue weighted by Gasteiger charge is -2.31. The van der Waals surface area contributed by atoms with E-state index in [9.17, 15) is 4.79 Å². The van der Waals surface area contributed by atoms with Gasteiger partial charge in [-0.3, -0.25) is 9.69 Å². The van der Waals surface area contributed by atoms with Crippen molar-refractivity contribution in [2.75, 3.05) is 18.8 Å². The third-order valence-corrected chi connectivity index (χ3v) is 6.64. The van der Waals surface area contributed by atoms with Crippen molar-refractivity contribution in [3.05, 3.63) is 64.0 Å². The molecule has 2 N–H and O–H groups in total. The number of halogens is 2. The van der Waals surface area contributed by atoms with Crippen molar-refractivity contribution in [2.24, 2.45) is 5.92 Å². The standard InChI is InChI=1S/C24H26Cl2N4O2/c25-20-7-5-17(14-21(20)26)15-30-11-9-16(10-12-30)13-18(31)6-8-23-28-24(29-32-23)19-3-1-2-4-22(19)27/h1-5,7,14,16H,6,8-13,15,27H2. The van der Waals surface area contributed by atoms with Gasteiger partial charge in [0.25, 0.3) is 0 Å². The molecule has 0 unspecified atom stereocenters. The number of ketones is 1. The number of nitrogen functional groups attached to an aromatic ring is 1. The third-order valence-electron chi connectivity index (χ3n) is 5.90. The highest BCUT2D eigenvalue weighted by Crippen LogP contribution is 2.26. The summed E-state index contributed by atoms with van der Waals surface area (Å²) >= 11 is 12.1. The average Bonchev–Trinajstić information content (AvgIpc) is 3.25. The number of hydrogen-bond donors (Lipinski definition) is 1. The molecule has 4 rings (SSSR count). The Morgan fingerprint density at radius 2 is 1.91 bits per heavy atom. The number of rotatable bonds is 8. The Balaban J connectivity index is 1.20. The van der Waals surface area contributed by atoms with Crippen LogP contribution in [0, 0.1) is 5.92 Å². The molecule has 2 heterocycles. The number of nitrogens with zero attached hydrogens (tertiary/aromatic N) is 3. The van der Waals surface area contributed by atoms with Gasteiger partial charge in [-0.25, -0.2) is 0 Å². The summed E-state index contributed by atoms with van der Waals surface area (Å²) in [5.74, 6) is 1.59. The predicted molar refractivity (Wildman–Crippen MR) is 127 cm³/mol. The number of aromatic nitrogens is 2. The van der Waals surface area contributed by atoms with E-state index in [4.69, 9.17) is 33.5 Å². The first-order valence-electron chi connectivity index (χ1n) is 10.8. The maximum atomic E-state index is 12.5. The number of nitrogens with two attached hydrogens (primary N) is 1. The number of anilines is 1. The maximum Gasteiger partial charge on any atom is 0.227 e. The summed E-state index contributed by atoms with van der Waals surface area (Å²) in [7, 11) is 0. The van der Waals surface area contributed by atoms with Crippen LogP contribution in [0.3, 0.4) is 0 Å². The number of carbonyl (C=O) groups is 1. The van der Waals surface area contributed by atoms with Gasteiger partial charge in [0.15, 0.2) is 0 Å². The number of Topliss-reactive ketones (excluding diaryl/α,β-unsaturated/α-hetero) is 1. The Morgan fingerprint density at radius 3 is 2.66 bits per heavy atom. The highest BCUT2D eigenvalue weighted by Gasteiger charge is 2.22. The molecule has 0 aliphatic carbocycles. The molecule has 0 bridgehead atoms. The van der Waals surface area contributed by atoms with Crippen LogP contribution in [0.2, 0.25) is 10.0 Å². The van der Waals surface area contributed by atoms with E-state index in [0.29, 0.717) is 52.6 Å². The summed E-state index contributed by atoms with van der Waals surface area (Å²) < 4.78 is 5.31. The largest absolute Gasteiger partial charge is 0.398 e. The van der Waals surface area contributed by atoms with Crippen LogP contribution in [0.5, 0.6) is 0 Å². The molecule has 168 valence electrons. The fraction of sp³-hybridized carbons (Fsp3) is 0.375. The predicted octanol–water partition coefficient (Wildman–Crippen LogP) is 5.43. The topological polar surface area (TPSA) is 85.2 Å². The zero-order chi connectivity index (χ0) is 22.5. The van der Waals surface area contributed by atoms with Crippen molar-refractivity contribution in [1.82, 2.24) is 15.0 Å². The van der Waals surface area contributed by atoms with E-state index < -0.39 is 0 Å². The second-order valence-corrected chi connectivity index (χ2v) is 9.12. The van der Waals surface area contributed by atoms with Crippen molar-refractivity contribution in [1.29, 1.82) is 0 Å². The zero-order valence-electron chi connectivity index (χ0n) is 17.8. The van der Waals surface area contributed by atoms with Gasteiger partial charge < -0.3 is 10.3 Å². The third kappa shape index (κ3) is 5.88. The minimum Gasteiger partial charge on any atom is -0.398 e. The minimum absolute atomic E-state index is 0.243. The molecule has 1 aliphatic heterocycles. The molecule has 0 spiro atoms. The van der Waals surface area contributed by atoms with Crippen LogP contribution in [-0.2, 0) is 17.8 Å². The summed E-state index contributed by atoms with van der Waals surface area (Å²) in [6.07, 6.45) is 3.51. The maximum absolute atomic E-state index is 12.5. The van der Waals surface area contributed by atoms with Gasteiger partial charge in [-0.2, -0.15) is 4.98 Å². The molecule has 1 aromatic heterocycles. The fourth-order valence-electron chi connectivity index (χ4n) is 4.08. The van der Waals surface area contributed by atoms with E-state index in [1.807, 2.05) is 36.4 Å². The van der Waals surface area contributed by atoms with E-state index in [0.717, 1.165) is 43.6 Å². The average molecular weight is 473 g/mol. The van der Waals surface area contributed by atoms with Gasteiger partial charge in [-0.15, -0.1) is 0 Å². The SMILES string of the molecule is Nc1ccccc1-c1noc(CCC(=O)CC2CCN(Cc3ccc(Cl)c(Cl)c3)CC2)n1. The van der Waals surface area contributed by atoms with E-state index in [1.54, 1.807) is 6.07 Å². The smallest absolute Gasteiger partial charge is 0.227 e. The minimum atomic E-state index is 0.243. The molecule has 0 atom stereocenters. The first-order chi connectivity index (χ1) is 15.5. The van der Waals surface area contributed by atoms with E-state index in [-0.39, 0.29) is 5.78 Å². The second-order valence-electron chi connectivity index (χ2n) is 8.31. The molecule has 8 heteroatoms. The van der Waals surface area contributed by atoms with Crippen LogP contribution in [-0.4, -0.2) is 33.9 Å². The van der Waals surface area contributed by atoms with Gasteiger partial charge in [0.1, 0.15) is 5.78 Å². The molecule has 0 amide bonds. The van der Waals surface area contributed by atoms with Gasteiger partial charge in [0, 0.05) is 37.1 Å². The molecule has 1 aliphatic rings. The summed E-state index contributed by atoms with van der Waals surface area (Å²) in [6.45, 7) is 2.80. The zero-order valence-corrected chi connectivity index (χ0v) is 19.3. The Morgan fingerprint density at radius 1 is 1.12 bits per heavy atom. The summed E-state index contributed by atoms with van der Waals surface area (Å²) in [5.41, 5.74) is 8.46. The van der Waals surface area contributed by atoms with E-state index in [2.05, 4.69) is 15.0 Å². The van der Waals surface area contributed by atoms with Crippen molar-refractivity contribution < 1.29 is 9.32 Å². The molecule has 0 saturated carbocycles. The van der Waals surface area contributed by atoms with Crippen LogP contribution >= 0.6 is 23.2 Å². The van der Waals surface area contributed by atoms with Gasteiger partial charge in [0.05, 0.1) is 10.0 Å². The van der Waals surface area contributed by atoms with Crippen molar-refractivity contribution >= 4 is 34.7 Å². The quantitative estimate of drug-likeness (QED) is 0.439. The molecule has 2 aromatic carbocycles. The van der Waals surface area contributed by atoms with Crippen LogP contribution < -0.4 is 5.73 Å². The normalized spacial score (nSPS) is 15.2. The molecule has 3 aromatic rings. The highest BCUT2D eigenvalue weighted by molar-refractivity contribution is 6.42. The summed E-state index contributed by atoms with van der Waals surface area (Å²) in [5, 5.41) is 5.16. The number of aryl methyl sites for hydroxylation is 1. The first-order valence-corrected chi connectivity index (χ1v) is 11.6. The number of hydrogen-bond acceptors (Lipinski definition) is 6. The number of para-hydroxylation sites is 1. The Labute approximate surface area is 197 Å². The lowest BCUT2D eigenvalue weighted by molar-refractivity contribution is -0.120. The molecule has 0 radical (unpaired) electrons. The molecular formula is C24H26Cl2N4O2. The van der Waals surface area contributed by atoms with Gasteiger partial charge in [0.2, 0.25) is 11.7 Å². The number of carbonyl (C=O) groups excluding carboxylic acids is 1. The summed E-state index contributed by atoms with van der Waals surface area (Å²) in [6, 6.07) is 13.2. The molecule has 32 heavy (non-hydrogen) atoms. The molecular weight excluding hydrogens is 447 g/mol. The highest BCUT2D eigenvalue weighted by atomic mass is 35.5. The molecule has 6 nitrogen and oxygen atoms in total. The number of benzene rings is 2. The van der Waals surface area contributed by atoms with Crippen LogP contribution in [0.4, 0.5) is 5.69 Å². The van der Waals surface area contributed by atoms with Gasteiger partial charge in [-0.05, 0) is 61.7 Å². The van der Waals surface area contributed by atoms with Crippen LogP contribution in [0.15, 0.2) is 47.0 Å². The Bertz CT molecular complexity index is 1080. The Hall–Kier alpha value is -2.41. The van der Waals surface area contributed by atoms with Crippen LogP contribution in [0.1, 0.15) is 37.1 Å². The second kappa shape index (κ2) is 10.5. The number of piperidine rings is 1. The van der Waals surface area contributed by atoms with Crippen molar-refractivity contribution in [3.8, 4) is 11.4 Å².